The van der Waals surface area contributed by atoms with Gasteiger partial charge in [-0.15, -0.1) is 0 Å². The molecule has 1 aromatic carbocycles. The van der Waals surface area contributed by atoms with Crippen LogP contribution in [-0.2, 0) is 6.61 Å². The number of nitriles is 1. The van der Waals surface area contributed by atoms with Crippen molar-refractivity contribution in [2.24, 2.45) is 0 Å². The van der Waals surface area contributed by atoms with Gasteiger partial charge in [0.15, 0.2) is 0 Å². The van der Waals surface area contributed by atoms with Crippen molar-refractivity contribution < 1.29 is 9.26 Å². The fraction of sp³-hybridized carbons (Fsp3) is 0.118. The number of rotatable bonds is 4. The highest BCUT2D eigenvalue weighted by Gasteiger charge is 2.15. The number of hydrogen-bond donors (Lipinski definition) is 0. The lowest BCUT2D eigenvalue weighted by Gasteiger charge is -2.06. The van der Waals surface area contributed by atoms with Crippen LogP contribution in [0.5, 0.6) is 5.88 Å². The molecule has 0 bridgehead atoms. The molecule has 5 nitrogen and oxygen atoms in total. The topological polar surface area (TPSA) is 71.9 Å². The van der Waals surface area contributed by atoms with Crippen LogP contribution < -0.4 is 4.74 Å². The van der Waals surface area contributed by atoms with E-state index in [1.165, 1.54) is 6.20 Å². The molecule has 0 saturated heterocycles. The summed E-state index contributed by atoms with van der Waals surface area (Å²) < 4.78 is 10.9. The van der Waals surface area contributed by atoms with Crippen LogP contribution in [0.3, 0.4) is 0 Å². The van der Waals surface area contributed by atoms with E-state index in [1.807, 2.05) is 25.1 Å². The Morgan fingerprint density at radius 2 is 2.00 bits per heavy atom. The molecule has 0 saturated carbocycles. The molecular formula is C17H12ClN3O2. The smallest absolute Gasteiger partial charge is 0.213 e. The van der Waals surface area contributed by atoms with Gasteiger partial charge in [-0.2, -0.15) is 5.26 Å². The zero-order valence-corrected chi connectivity index (χ0v) is 13.0. The Bertz CT molecular complexity index is 849. The van der Waals surface area contributed by atoms with Gasteiger partial charge in [0.2, 0.25) is 5.88 Å². The molecule has 0 spiro atoms. The first kappa shape index (κ1) is 15.1. The molecular weight excluding hydrogens is 314 g/mol. The van der Waals surface area contributed by atoms with Crippen LogP contribution in [0.15, 0.2) is 47.1 Å². The minimum absolute atomic E-state index is 0.270. The fourth-order valence-corrected chi connectivity index (χ4v) is 2.20. The highest BCUT2D eigenvalue weighted by Crippen LogP contribution is 2.27. The monoisotopic (exact) mass is 325 g/mol. The first-order valence-electron chi connectivity index (χ1n) is 6.87. The molecule has 0 N–H and O–H groups in total. The number of benzene rings is 1. The number of pyridine rings is 1. The first-order chi connectivity index (χ1) is 11.2. The standard InChI is InChI=1S/C17H12ClN3O2/c1-11-15(10-22-16-7-2-12(8-19)9-20-16)17(21-23-11)13-3-5-14(18)6-4-13/h2-7,9H,10H2,1H3. The van der Waals surface area contributed by atoms with Gasteiger partial charge in [-0.05, 0) is 25.1 Å². The summed E-state index contributed by atoms with van der Waals surface area (Å²) in [5.74, 6) is 1.12. The molecule has 0 unspecified atom stereocenters. The molecule has 23 heavy (non-hydrogen) atoms. The van der Waals surface area contributed by atoms with Crippen LogP contribution in [-0.4, -0.2) is 10.1 Å². The van der Waals surface area contributed by atoms with Crippen molar-refractivity contribution in [3.63, 3.8) is 0 Å². The lowest BCUT2D eigenvalue weighted by molar-refractivity contribution is 0.290. The molecule has 6 heteroatoms. The number of aromatic nitrogens is 2. The zero-order valence-electron chi connectivity index (χ0n) is 12.3. The van der Waals surface area contributed by atoms with Gasteiger partial charge in [-0.25, -0.2) is 4.98 Å². The summed E-state index contributed by atoms with van der Waals surface area (Å²) in [5.41, 5.74) is 2.95. The number of hydrogen-bond acceptors (Lipinski definition) is 5. The van der Waals surface area contributed by atoms with Crippen LogP contribution in [0.4, 0.5) is 0 Å². The first-order valence-corrected chi connectivity index (χ1v) is 7.25. The highest BCUT2D eigenvalue weighted by atomic mass is 35.5. The minimum Gasteiger partial charge on any atom is -0.473 e. The Morgan fingerprint density at radius 3 is 2.65 bits per heavy atom. The Hall–Kier alpha value is -2.84. The van der Waals surface area contributed by atoms with Gasteiger partial charge >= 0.3 is 0 Å². The average molecular weight is 326 g/mol. The van der Waals surface area contributed by atoms with Crippen LogP contribution in [0.2, 0.25) is 5.02 Å². The Morgan fingerprint density at radius 1 is 1.22 bits per heavy atom. The Kier molecular flexibility index (Phi) is 4.26. The van der Waals surface area contributed by atoms with Gasteiger partial charge in [0, 0.05) is 22.8 Å². The largest absolute Gasteiger partial charge is 0.473 e. The van der Waals surface area contributed by atoms with Crippen LogP contribution in [0.25, 0.3) is 11.3 Å². The lowest BCUT2D eigenvalue weighted by Crippen LogP contribution is -1.99. The number of halogens is 1. The highest BCUT2D eigenvalue weighted by molar-refractivity contribution is 6.30. The second-order valence-electron chi connectivity index (χ2n) is 4.86. The molecule has 0 aliphatic carbocycles. The lowest BCUT2D eigenvalue weighted by atomic mass is 10.1. The maximum Gasteiger partial charge on any atom is 0.213 e. The number of aryl methyl sites for hydroxylation is 1. The second-order valence-corrected chi connectivity index (χ2v) is 5.29. The summed E-state index contributed by atoms with van der Waals surface area (Å²) >= 11 is 5.91. The van der Waals surface area contributed by atoms with Crippen molar-refractivity contribution in [1.29, 1.82) is 5.26 Å². The van der Waals surface area contributed by atoms with Crippen LogP contribution in [0, 0.1) is 18.3 Å². The molecule has 0 aliphatic heterocycles. The quantitative estimate of drug-likeness (QED) is 0.720. The molecule has 3 rings (SSSR count). The molecule has 0 radical (unpaired) electrons. The third-order valence-corrected chi connectivity index (χ3v) is 3.58. The second kappa shape index (κ2) is 6.51. The Balaban J connectivity index is 1.81. The van der Waals surface area contributed by atoms with Crippen molar-refractivity contribution in [3.05, 3.63) is 64.5 Å². The van der Waals surface area contributed by atoms with E-state index in [-0.39, 0.29) is 6.61 Å². The van der Waals surface area contributed by atoms with Crippen LogP contribution in [0.1, 0.15) is 16.9 Å². The normalized spacial score (nSPS) is 10.3. The molecule has 114 valence electrons. The van der Waals surface area contributed by atoms with Gasteiger partial charge in [0.1, 0.15) is 24.1 Å². The summed E-state index contributed by atoms with van der Waals surface area (Å²) in [6, 6.07) is 12.7. The van der Waals surface area contributed by atoms with E-state index in [0.717, 1.165) is 11.1 Å². The molecule has 2 aromatic heterocycles. The molecule has 0 fully saturated rings. The van der Waals surface area contributed by atoms with E-state index in [0.29, 0.717) is 27.9 Å². The van der Waals surface area contributed by atoms with Crippen molar-refractivity contribution in [1.82, 2.24) is 10.1 Å². The predicted octanol–water partition coefficient (Wildman–Crippen LogP) is 4.15. The number of nitrogens with zero attached hydrogens (tertiary/aromatic N) is 3. The van der Waals surface area contributed by atoms with Gasteiger partial charge < -0.3 is 9.26 Å². The third kappa shape index (κ3) is 3.33. The molecule has 0 amide bonds. The number of ether oxygens (including phenoxy) is 1. The summed E-state index contributed by atoms with van der Waals surface area (Å²) in [6.45, 7) is 2.10. The van der Waals surface area contributed by atoms with Crippen molar-refractivity contribution >= 4 is 11.6 Å². The average Bonchev–Trinajstić information content (AvgIpc) is 2.95. The maximum atomic E-state index is 8.77. The van der Waals surface area contributed by atoms with Gasteiger partial charge in [0.25, 0.3) is 0 Å². The molecule has 3 aromatic rings. The van der Waals surface area contributed by atoms with E-state index in [2.05, 4.69) is 10.1 Å². The predicted molar refractivity (Wildman–Crippen MR) is 85.0 cm³/mol. The van der Waals surface area contributed by atoms with Gasteiger partial charge in [0.05, 0.1) is 11.1 Å². The Labute approximate surface area is 138 Å². The molecule has 0 atom stereocenters. The van der Waals surface area contributed by atoms with E-state index in [9.17, 15) is 0 Å². The van der Waals surface area contributed by atoms with E-state index in [1.54, 1.807) is 24.3 Å². The van der Waals surface area contributed by atoms with E-state index >= 15 is 0 Å². The molecule has 2 heterocycles. The molecule has 0 aliphatic rings. The van der Waals surface area contributed by atoms with Gasteiger partial charge in [-0.3, -0.25) is 0 Å². The summed E-state index contributed by atoms with van der Waals surface area (Å²) in [5, 5.41) is 13.5. The van der Waals surface area contributed by atoms with Crippen molar-refractivity contribution in [2.75, 3.05) is 0 Å². The van der Waals surface area contributed by atoms with Crippen LogP contribution >= 0.6 is 11.6 Å². The maximum absolute atomic E-state index is 8.77. The fourth-order valence-electron chi connectivity index (χ4n) is 2.07. The SMILES string of the molecule is Cc1onc(-c2ccc(Cl)cc2)c1COc1ccc(C#N)cn1. The van der Waals surface area contributed by atoms with Crippen molar-refractivity contribution in [3.8, 4) is 23.2 Å². The van der Waals surface area contributed by atoms with E-state index < -0.39 is 0 Å². The van der Waals surface area contributed by atoms with E-state index in [4.69, 9.17) is 26.1 Å². The minimum atomic E-state index is 0.270. The summed E-state index contributed by atoms with van der Waals surface area (Å²) in [4.78, 5) is 4.08. The van der Waals surface area contributed by atoms with Gasteiger partial charge in [-0.1, -0.05) is 28.9 Å². The zero-order chi connectivity index (χ0) is 16.2. The summed E-state index contributed by atoms with van der Waals surface area (Å²) in [7, 11) is 0. The third-order valence-electron chi connectivity index (χ3n) is 3.33. The van der Waals surface area contributed by atoms with Crippen molar-refractivity contribution in [2.45, 2.75) is 13.5 Å². The summed E-state index contributed by atoms with van der Waals surface area (Å²) in [6.07, 6.45) is 1.47.